The predicted octanol–water partition coefficient (Wildman–Crippen LogP) is 2.12. The lowest BCUT2D eigenvalue weighted by Crippen LogP contribution is -2.43. The number of carbonyl (C=O) groups excluding carboxylic acids is 1. The highest BCUT2D eigenvalue weighted by Gasteiger charge is 2.47. The molecule has 0 N–H and O–H groups in total. The third-order valence-corrected chi connectivity index (χ3v) is 3.83. The van der Waals surface area contributed by atoms with E-state index in [2.05, 4.69) is 18.8 Å². The van der Waals surface area contributed by atoms with Crippen molar-refractivity contribution in [1.29, 1.82) is 0 Å². The van der Waals surface area contributed by atoms with Gasteiger partial charge in [-0.2, -0.15) is 0 Å². The standard InChI is InChI=1S/C15H22O4/c1-3-4-5-6-12-7-8-15(18-9-10-19-15)11-13(12)14(16)17-2/h12-13H,3-4,7-11H2,1-2H3. The number of carbonyl (C=O) groups is 1. The third-order valence-electron chi connectivity index (χ3n) is 3.83. The third kappa shape index (κ3) is 3.29. The first kappa shape index (κ1) is 14.4. The lowest BCUT2D eigenvalue weighted by Gasteiger charge is -2.37. The normalized spacial score (nSPS) is 28.7. The van der Waals surface area contributed by atoms with Gasteiger partial charge in [0.05, 0.1) is 26.2 Å². The smallest absolute Gasteiger partial charge is 0.310 e. The summed E-state index contributed by atoms with van der Waals surface area (Å²) in [4.78, 5) is 11.9. The maximum Gasteiger partial charge on any atom is 0.310 e. The van der Waals surface area contributed by atoms with Crippen LogP contribution >= 0.6 is 0 Å². The second kappa shape index (κ2) is 6.40. The van der Waals surface area contributed by atoms with E-state index in [-0.39, 0.29) is 17.8 Å². The van der Waals surface area contributed by atoms with Crippen LogP contribution in [0.5, 0.6) is 0 Å². The molecule has 0 radical (unpaired) electrons. The Balaban J connectivity index is 2.08. The summed E-state index contributed by atoms with van der Waals surface area (Å²) in [5.74, 6) is 5.45. The molecule has 19 heavy (non-hydrogen) atoms. The van der Waals surface area contributed by atoms with Crippen LogP contribution in [0.3, 0.4) is 0 Å². The highest BCUT2D eigenvalue weighted by Crippen LogP contribution is 2.42. The zero-order valence-electron chi connectivity index (χ0n) is 11.7. The van der Waals surface area contributed by atoms with Crippen LogP contribution in [0.15, 0.2) is 0 Å². The number of esters is 1. The Labute approximate surface area is 114 Å². The maximum absolute atomic E-state index is 11.9. The van der Waals surface area contributed by atoms with Crippen LogP contribution in [0, 0.1) is 23.7 Å². The molecule has 4 heteroatoms. The van der Waals surface area contributed by atoms with E-state index in [0.717, 1.165) is 25.7 Å². The molecule has 2 fully saturated rings. The largest absolute Gasteiger partial charge is 0.469 e. The van der Waals surface area contributed by atoms with Gasteiger partial charge in [-0.1, -0.05) is 12.8 Å². The molecule has 1 aliphatic heterocycles. The molecule has 1 saturated heterocycles. The fourth-order valence-electron chi connectivity index (χ4n) is 2.82. The predicted molar refractivity (Wildman–Crippen MR) is 70.2 cm³/mol. The highest BCUT2D eigenvalue weighted by atomic mass is 16.7. The van der Waals surface area contributed by atoms with Crippen molar-refractivity contribution in [2.24, 2.45) is 11.8 Å². The molecule has 4 nitrogen and oxygen atoms in total. The van der Waals surface area contributed by atoms with Gasteiger partial charge in [-0.05, 0) is 12.8 Å². The second-order valence-corrected chi connectivity index (χ2v) is 5.16. The SMILES string of the molecule is CCCC#CC1CCC2(CC1C(=O)OC)OCCO2. The van der Waals surface area contributed by atoms with Crippen LogP contribution in [-0.2, 0) is 19.0 Å². The summed E-state index contributed by atoms with van der Waals surface area (Å²) in [6.07, 6.45) is 4.12. The first-order chi connectivity index (χ1) is 9.21. The number of methoxy groups -OCH3 is 1. The number of hydrogen-bond acceptors (Lipinski definition) is 4. The molecule has 1 spiro atoms. The van der Waals surface area contributed by atoms with E-state index < -0.39 is 5.79 Å². The topological polar surface area (TPSA) is 44.8 Å². The lowest BCUT2D eigenvalue weighted by atomic mass is 9.76. The zero-order chi connectivity index (χ0) is 13.7. The number of unbranched alkanes of at least 4 members (excludes halogenated alkanes) is 1. The molecule has 2 rings (SSSR count). The van der Waals surface area contributed by atoms with Gasteiger partial charge in [-0.15, -0.1) is 5.92 Å². The lowest BCUT2D eigenvalue weighted by molar-refractivity contribution is -0.198. The maximum atomic E-state index is 11.9. The van der Waals surface area contributed by atoms with Crippen LogP contribution in [0.4, 0.5) is 0 Å². The number of hydrogen-bond donors (Lipinski definition) is 0. The molecule has 0 amide bonds. The molecular weight excluding hydrogens is 244 g/mol. The Kier molecular flexibility index (Phi) is 4.84. The van der Waals surface area contributed by atoms with E-state index in [1.807, 2.05) is 0 Å². The quantitative estimate of drug-likeness (QED) is 0.567. The Hall–Kier alpha value is -1.05. The van der Waals surface area contributed by atoms with Gasteiger partial charge in [0.15, 0.2) is 5.79 Å². The molecule has 1 heterocycles. The average molecular weight is 266 g/mol. The minimum atomic E-state index is -0.568. The molecule has 1 aliphatic carbocycles. The van der Waals surface area contributed by atoms with Gasteiger partial charge in [0, 0.05) is 25.2 Å². The first-order valence-electron chi connectivity index (χ1n) is 7.05. The summed E-state index contributed by atoms with van der Waals surface area (Å²) in [7, 11) is 1.43. The summed E-state index contributed by atoms with van der Waals surface area (Å²) >= 11 is 0. The minimum Gasteiger partial charge on any atom is -0.469 e. The van der Waals surface area contributed by atoms with Crippen LogP contribution in [0.2, 0.25) is 0 Å². The van der Waals surface area contributed by atoms with Gasteiger partial charge in [0.1, 0.15) is 0 Å². The molecule has 106 valence electrons. The summed E-state index contributed by atoms with van der Waals surface area (Å²) in [5.41, 5.74) is 0. The van der Waals surface area contributed by atoms with Crippen molar-refractivity contribution in [1.82, 2.24) is 0 Å². The van der Waals surface area contributed by atoms with Crippen LogP contribution in [0.25, 0.3) is 0 Å². The Morgan fingerprint density at radius 1 is 1.42 bits per heavy atom. The molecule has 0 aromatic rings. The number of rotatable bonds is 2. The van der Waals surface area contributed by atoms with E-state index in [1.165, 1.54) is 7.11 Å². The Bertz CT molecular complexity index is 373. The van der Waals surface area contributed by atoms with Gasteiger partial charge in [0.25, 0.3) is 0 Å². The minimum absolute atomic E-state index is 0.0671. The molecule has 2 unspecified atom stereocenters. The van der Waals surface area contributed by atoms with Gasteiger partial charge in [-0.25, -0.2) is 0 Å². The van der Waals surface area contributed by atoms with Crippen molar-refractivity contribution in [3.8, 4) is 11.8 Å². The molecular formula is C15H22O4. The first-order valence-corrected chi connectivity index (χ1v) is 7.05. The molecule has 0 bridgehead atoms. The van der Waals surface area contributed by atoms with E-state index >= 15 is 0 Å². The zero-order valence-corrected chi connectivity index (χ0v) is 11.7. The molecule has 0 aromatic heterocycles. The summed E-state index contributed by atoms with van der Waals surface area (Å²) in [6.45, 7) is 3.32. The molecule has 1 saturated carbocycles. The summed E-state index contributed by atoms with van der Waals surface area (Å²) in [5, 5.41) is 0. The monoisotopic (exact) mass is 266 g/mol. The van der Waals surface area contributed by atoms with E-state index in [0.29, 0.717) is 19.6 Å². The van der Waals surface area contributed by atoms with Crippen molar-refractivity contribution in [2.45, 2.75) is 44.8 Å². The molecule has 0 aromatic carbocycles. The van der Waals surface area contributed by atoms with Crippen molar-refractivity contribution in [3.63, 3.8) is 0 Å². The van der Waals surface area contributed by atoms with Crippen molar-refractivity contribution in [2.75, 3.05) is 20.3 Å². The fraction of sp³-hybridized carbons (Fsp3) is 0.800. The summed E-state index contributed by atoms with van der Waals surface area (Å²) < 4.78 is 16.3. The summed E-state index contributed by atoms with van der Waals surface area (Å²) in [6, 6.07) is 0. The van der Waals surface area contributed by atoms with E-state index in [4.69, 9.17) is 14.2 Å². The van der Waals surface area contributed by atoms with Crippen molar-refractivity contribution < 1.29 is 19.0 Å². The Morgan fingerprint density at radius 3 is 2.79 bits per heavy atom. The number of ether oxygens (including phenoxy) is 3. The van der Waals surface area contributed by atoms with Gasteiger partial charge >= 0.3 is 5.97 Å². The van der Waals surface area contributed by atoms with Crippen LogP contribution in [-0.4, -0.2) is 32.1 Å². The molecule has 2 atom stereocenters. The average Bonchev–Trinajstić information content (AvgIpc) is 2.88. The fourth-order valence-corrected chi connectivity index (χ4v) is 2.82. The van der Waals surface area contributed by atoms with Gasteiger partial charge < -0.3 is 14.2 Å². The van der Waals surface area contributed by atoms with Crippen LogP contribution < -0.4 is 0 Å². The van der Waals surface area contributed by atoms with Crippen LogP contribution in [0.1, 0.15) is 39.0 Å². The van der Waals surface area contributed by atoms with Crippen molar-refractivity contribution in [3.05, 3.63) is 0 Å². The van der Waals surface area contributed by atoms with Crippen molar-refractivity contribution >= 4 is 5.97 Å². The molecule has 2 aliphatic rings. The second-order valence-electron chi connectivity index (χ2n) is 5.16. The Morgan fingerprint density at radius 2 is 2.16 bits per heavy atom. The van der Waals surface area contributed by atoms with E-state index in [9.17, 15) is 4.79 Å². The van der Waals surface area contributed by atoms with Gasteiger partial charge in [0.2, 0.25) is 0 Å². The highest BCUT2D eigenvalue weighted by molar-refractivity contribution is 5.73. The van der Waals surface area contributed by atoms with Gasteiger partial charge in [-0.3, -0.25) is 4.79 Å². The van der Waals surface area contributed by atoms with E-state index in [1.54, 1.807) is 0 Å².